The van der Waals surface area contributed by atoms with Crippen molar-refractivity contribution in [3.63, 3.8) is 0 Å². The van der Waals surface area contributed by atoms with Crippen LogP contribution in [0.5, 0.6) is 0 Å². The predicted molar refractivity (Wildman–Crippen MR) is 85.1 cm³/mol. The molecule has 0 spiro atoms. The molecule has 1 aliphatic rings. The number of hydrogen-bond donors (Lipinski definition) is 1. The molecule has 4 rings (SSSR count). The minimum absolute atomic E-state index is 0.651. The second kappa shape index (κ2) is 5.62. The Labute approximate surface area is 131 Å². The van der Waals surface area contributed by atoms with Crippen molar-refractivity contribution in [1.29, 1.82) is 0 Å². The maximum atomic E-state index is 12.5. The minimum atomic E-state index is -0.932. The molecule has 0 bridgehead atoms. The maximum Gasteiger partial charge on any atom is 0.229 e. The zero-order valence-corrected chi connectivity index (χ0v) is 12.8. The molecule has 1 aliphatic carbocycles. The highest BCUT2D eigenvalue weighted by atomic mass is 32.2. The molecule has 1 unspecified atom stereocenters. The molecule has 1 saturated carbocycles. The molecule has 0 saturated heterocycles. The third kappa shape index (κ3) is 2.67. The van der Waals surface area contributed by atoms with Gasteiger partial charge in [0.05, 0.1) is 0 Å². The SMILES string of the molecule is [O-][S+](CC1CC1)c1cccn1-c1ccc(-c2nnc[nH]2)cc1. The summed E-state index contributed by atoms with van der Waals surface area (Å²) in [6.07, 6.45) is 5.97. The Kier molecular flexibility index (Phi) is 3.48. The van der Waals surface area contributed by atoms with E-state index in [0.717, 1.165) is 27.9 Å². The van der Waals surface area contributed by atoms with Gasteiger partial charge in [-0.2, -0.15) is 0 Å². The van der Waals surface area contributed by atoms with Gasteiger partial charge in [-0.05, 0) is 43.2 Å². The minimum Gasteiger partial charge on any atom is -0.610 e. The van der Waals surface area contributed by atoms with E-state index in [4.69, 9.17) is 0 Å². The number of benzene rings is 1. The van der Waals surface area contributed by atoms with E-state index >= 15 is 0 Å². The van der Waals surface area contributed by atoms with Crippen molar-refractivity contribution in [1.82, 2.24) is 19.7 Å². The number of hydrogen-bond acceptors (Lipinski definition) is 3. The summed E-state index contributed by atoms with van der Waals surface area (Å²) in [5.41, 5.74) is 1.99. The lowest BCUT2D eigenvalue weighted by Gasteiger charge is -2.13. The van der Waals surface area contributed by atoms with Crippen molar-refractivity contribution in [2.24, 2.45) is 5.92 Å². The quantitative estimate of drug-likeness (QED) is 0.736. The first kappa shape index (κ1) is 13.6. The van der Waals surface area contributed by atoms with Crippen LogP contribution >= 0.6 is 0 Å². The van der Waals surface area contributed by atoms with Crippen LogP contribution in [0.3, 0.4) is 0 Å². The molecule has 0 aliphatic heterocycles. The number of nitrogens with zero attached hydrogens (tertiary/aromatic N) is 3. The Bertz CT molecular complexity index is 747. The Morgan fingerprint density at radius 2 is 2.05 bits per heavy atom. The van der Waals surface area contributed by atoms with Crippen LogP contribution < -0.4 is 0 Å². The zero-order valence-electron chi connectivity index (χ0n) is 12.0. The summed E-state index contributed by atoms with van der Waals surface area (Å²) in [5, 5.41) is 8.67. The number of H-pyrrole nitrogens is 1. The molecule has 3 aromatic rings. The van der Waals surface area contributed by atoms with Crippen LogP contribution in [-0.4, -0.2) is 30.1 Å². The van der Waals surface area contributed by atoms with Crippen molar-refractivity contribution in [3.05, 3.63) is 48.9 Å². The summed E-state index contributed by atoms with van der Waals surface area (Å²) < 4.78 is 14.5. The van der Waals surface area contributed by atoms with Gasteiger partial charge < -0.3 is 9.54 Å². The first-order valence-corrected chi connectivity index (χ1v) is 8.66. The monoisotopic (exact) mass is 312 g/mol. The van der Waals surface area contributed by atoms with E-state index in [1.807, 2.05) is 47.2 Å². The maximum absolute atomic E-state index is 12.5. The van der Waals surface area contributed by atoms with E-state index in [9.17, 15) is 4.55 Å². The van der Waals surface area contributed by atoms with Gasteiger partial charge >= 0.3 is 0 Å². The molecule has 112 valence electrons. The van der Waals surface area contributed by atoms with Gasteiger partial charge in [-0.3, -0.25) is 4.57 Å². The lowest BCUT2D eigenvalue weighted by Crippen LogP contribution is -2.12. The highest BCUT2D eigenvalue weighted by molar-refractivity contribution is 7.91. The lowest BCUT2D eigenvalue weighted by molar-refractivity contribution is 0.585. The average molecular weight is 312 g/mol. The molecule has 1 atom stereocenters. The fourth-order valence-electron chi connectivity index (χ4n) is 2.47. The van der Waals surface area contributed by atoms with E-state index in [1.54, 1.807) is 6.33 Å². The van der Waals surface area contributed by atoms with Crippen molar-refractivity contribution < 1.29 is 4.55 Å². The molecule has 2 aromatic heterocycles. The van der Waals surface area contributed by atoms with Crippen LogP contribution in [0, 0.1) is 5.92 Å². The summed E-state index contributed by atoms with van der Waals surface area (Å²) in [6.45, 7) is 0. The normalized spacial score (nSPS) is 15.9. The molecule has 1 N–H and O–H groups in total. The van der Waals surface area contributed by atoms with Gasteiger partial charge in [0.25, 0.3) is 0 Å². The Morgan fingerprint density at radius 3 is 2.73 bits per heavy atom. The van der Waals surface area contributed by atoms with E-state index in [1.165, 1.54) is 12.8 Å². The van der Waals surface area contributed by atoms with Crippen LogP contribution in [0.1, 0.15) is 12.8 Å². The molecular formula is C16H16N4OS. The smallest absolute Gasteiger partial charge is 0.229 e. The zero-order chi connectivity index (χ0) is 14.9. The van der Waals surface area contributed by atoms with E-state index < -0.39 is 11.2 Å². The first-order valence-electron chi connectivity index (χ1n) is 7.34. The molecule has 1 fully saturated rings. The Balaban J connectivity index is 1.60. The van der Waals surface area contributed by atoms with Gasteiger partial charge in [0.2, 0.25) is 5.03 Å². The van der Waals surface area contributed by atoms with Gasteiger partial charge in [0.15, 0.2) is 5.82 Å². The highest BCUT2D eigenvalue weighted by Crippen LogP contribution is 2.33. The van der Waals surface area contributed by atoms with Gasteiger partial charge in [-0.1, -0.05) is 0 Å². The number of nitrogens with one attached hydrogen (secondary N) is 1. The standard InChI is InChI=1S/C16H16N4OS/c21-22(10-12-3-4-12)15-2-1-9-20(15)14-7-5-13(6-8-14)16-17-11-18-19-16/h1-2,5-9,11-12H,3-4,10H2,(H,17,18,19). The van der Waals surface area contributed by atoms with Gasteiger partial charge in [-0.15, -0.1) is 10.2 Å². The number of aromatic nitrogens is 4. The summed E-state index contributed by atoms with van der Waals surface area (Å²) in [5.74, 6) is 2.18. The average Bonchev–Trinajstić information content (AvgIpc) is 3.06. The molecule has 1 aromatic carbocycles. The number of rotatable bonds is 5. The van der Waals surface area contributed by atoms with Crippen LogP contribution in [0.4, 0.5) is 0 Å². The summed E-state index contributed by atoms with van der Waals surface area (Å²) in [7, 11) is 0. The van der Waals surface area contributed by atoms with Gasteiger partial charge in [0, 0.05) is 40.6 Å². The second-order valence-corrected chi connectivity index (χ2v) is 7.00. The molecule has 6 heteroatoms. The molecular weight excluding hydrogens is 296 g/mol. The molecule has 22 heavy (non-hydrogen) atoms. The van der Waals surface area contributed by atoms with Crippen LogP contribution in [0.15, 0.2) is 53.9 Å². The third-order valence-electron chi connectivity index (χ3n) is 3.86. The van der Waals surface area contributed by atoms with Crippen molar-refractivity contribution >= 4 is 11.2 Å². The van der Waals surface area contributed by atoms with Crippen molar-refractivity contribution in [2.45, 2.75) is 17.9 Å². The largest absolute Gasteiger partial charge is 0.610 e. The van der Waals surface area contributed by atoms with Gasteiger partial charge in [-0.25, -0.2) is 0 Å². The molecule has 5 nitrogen and oxygen atoms in total. The Hall–Kier alpha value is -2.05. The third-order valence-corrected chi connectivity index (χ3v) is 5.44. The molecule has 0 radical (unpaired) electrons. The van der Waals surface area contributed by atoms with Crippen molar-refractivity contribution in [2.75, 3.05) is 5.75 Å². The molecule has 0 amide bonds. The number of aromatic amines is 1. The fraction of sp³-hybridized carbons (Fsp3) is 0.250. The lowest BCUT2D eigenvalue weighted by atomic mass is 10.2. The molecule has 2 heterocycles. The summed E-state index contributed by atoms with van der Waals surface area (Å²) in [6, 6.07) is 11.9. The van der Waals surface area contributed by atoms with Crippen LogP contribution in [0.2, 0.25) is 0 Å². The summed E-state index contributed by atoms with van der Waals surface area (Å²) >= 11 is -0.932. The van der Waals surface area contributed by atoms with Gasteiger partial charge in [0.1, 0.15) is 12.1 Å². The predicted octanol–water partition coefficient (Wildman–Crippen LogP) is 2.78. The van der Waals surface area contributed by atoms with Crippen molar-refractivity contribution in [3.8, 4) is 17.1 Å². The fourth-order valence-corrected chi connectivity index (χ4v) is 4.02. The Morgan fingerprint density at radius 1 is 1.23 bits per heavy atom. The van der Waals surface area contributed by atoms with Crippen LogP contribution in [-0.2, 0) is 11.2 Å². The van der Waals surface area contributed by atoms with Crippen LogP contribution in [0.25, 0.3) is 17.1 Å². The van der Waals surface area contributed by atoms with E-state index in [2.05, 4.69) is 15.2 Å². The summed E-state index contributed by atoms with van der Waals surface area (Å²) in [4.78, 5) is 2.99. The first-order chi connectivity index (χ1) is 10.8. The highest BCUT2D eigenvalue weighted by Gasteiger charge is 2.29. The van der Waals surface area contributed by atoms with E-state index in [0.29, 0.717) is 5.92 Å². The topological polar surface area (TPSA) is 69.6 Å². The second-order valence-electron chi connectivity index (χ2n) is 5.56. The van der Waals surface area contributed by atoms with E-state index in [-0.39, 0.29) is 0 Å².